The summed E-state index contributed by atoms with van der Waals surface area (Å²) in [4.78, 5) is 11.8. The molecule has 1 amide bonds. The van der Waals surface area contributed by atoms with Crippen LogP contribution in [0.5, 0.6) is 0 Å². The fraction of sp³-hybridized carbons (Fsp3) is 0.235. The van der Waals surface area contributed by atoms with Gasteiger partial charge in [-0.1, -0.05) is 55.5 Å². The zero-order valence-corrected chi connectivity index (χ0v) is 11.7. The maximum atomic E-state index is 11.8. The van der Waals surface area contributed by atoms with E-state index < -0.39 is 0 Å². The minimum atomic E-state index is 0.0108. The van der Waals surface area contributed by atoms with E-state index in [1.54, 1.807) is 0 Å². The molecule has 0 heterocycles. The van der Waals surface area contributed by atoms with Gasteiger partial charge in [-0.05, 0) is 23.6 Å². The van der Waals surface area contributed by atoms with Gasteiger partial charge in [-0.2, -0.15) is 0 Å². The first-order valence-corrected chi connectivity index (χ1v) is 6.86. The van der Waals surface area contributed by atoms with Crippen molar-refractivity contribution in [3.8, 4) is 0 Å². The number of anilines is 1. The third-order valence-electron chi connectivity index (χ3n) is 3.20. The van der Waals surface area contributed by atoms with Crippen molar-refractivity contribution in [2.75, 3.05) is 18.4 Å². The van der Waals surface area contributed by atoms with Crippen molar-refractivity contribution >= 4 is 11.6 Å². The van der Waals surface area contributed by atoms with Crippen LogP contribution in [-0.4, -0.2) is 19.0 Å². The van der Waals surface area contributed by atoms with Gasteiger partial charge in [0.2, 0.25) is 5.91 Å². The number of carbonyl (C=O) groups excluding carboxylic acids is 1. The van der Waals surface area contributed by atoms with Gasteiger partial charge in [0.05, 0.1) is 6.54 Å². The molecule has 1 unspecified atom stereocenters. The van der Waals surface area contributed by atoms with Crippen LogP contribution < -0.4 is 10.6 Å². The van der Waals surface area contributed by atoms with Crippen LogP contribution in [0.1, 0.15) is 18.4 Å². The molecule has 0 bridgehead atoms. The largest absolute Gasteiger partial charge is 0.376 e. The van der Waals surface area contributed by atoms with Gasteiger partial charge in [-0.15, -0.1) is 0 Å². The van der Waals surface area contributed by atoms with E-state index in [1.165, 1.54) is 5.56 Å². The maximum Gasteiger partial charge on any atom is 0.239 e. The molecule has 104 valence electrons. The lowest BCUT2D eigenvalue weighted by molar-refractivity contribution is -0.119. The van der Waals surface area contributed by atoms with Crippen molar-refractivity contribution in [1.29, 1.82) is 0 Å². The van der Waals surface area contributed by atoms with E-state index in [1.807, 2.05) is 48.5 Å². The second kappa shape index (κ2) is 7.34. The van der Waals surface area contributed by atoms with E-state index in [-0.39, 0.29) is 5.91 Å². The first kappa shape index (κ1) is 14.1. The molecule has 1 atom stereocenters. The number of amides is 1. The van der Waals surface area contributed by atoms with Crippen LogP contribution in [0.2, 0.25) is 0 Å². The smallest absolute Gasteiger partial charge is 0.239 e. The van der Waals surface area contributed by atoms with Gasteiger partial charge in [-0.3, -0.25) is 4.79 Å². The summed E-state index contributed by atoms with van der Waals surface area (Å²) in [5.41, 5.74) is 2.20. The molecule has 0 fully saturated rings. The molecule has 2 aromatic carbocycles. The number of nitrogens with one attached hydrogen (secondary N) is 2. The van der Waals surface area contributed by atoms with E-state index in [2.05, 4.69) is 29.7 Å². The fourth-order valence-electron chi connectivity index (χ4n) is 1.97. The molecule has 2 aromatic rings. The molecule has 3 nitrogen and oxygen atoms in total. The Kier molecular flexibility index (Phi) is 5.18. The van der Waals surface area contributed by atoms with Crippen LogP contribution in [0.15, 0.2) is 60.7 Å². The predicted octanol–water partition coefficient (Wildman–Crippen LogP) is 3.02. The molecule has 20 heavy (non-hydrogen) atoms. The topological polar surface area (TPSA) is 41.1 Å². The maximum absolute atomic E-state index is 11.8. The first-order chi connectivity index (χ1) is 9.75. The van der Waals surface area contributed by atoms with Gasteiger partial charge in [-0.25, -0.2) is 0 Å². The van der Waals surface area contributed by atoms with Gasteiger partial charge in [0.25, 0.3) is 0 Å². The lowest BCUT2D eigenvalue weighted by Crippen LogP contribution is -2.32. The van der Waals surface area contributed by atoms with E-state index >= 15 is 0 Å². The summed E-state index contributed by atoms with van der Waals surface area (Å²) in [6.45, 7) is 3.06. The molecule has 0 aliphatic rings. The Morgan fingerprint density at radius 1 is 1.00 bits per heavy atom. The van der Waals surface area contributed by atoms with Crippen molar-refractivity contribution < 1.29 is 4.79 Å². The zero-order valence-electron chi connectivity index (χ0n) is 11.7. The van der Waals surface area contributed by atoms with Gasteiger partial charge >= 0.3 is 0 Å². The van der Waals surface area contributed by atoms with Crippen molar-refractivity contribution in [3.05, 3.63) is 66.2 Å². The minimum absolute atomic E-state index is 0.0108. The highest BCUT2D eigenvalue weighted by molar-refractivity contribution is 5.80. The van der Waals surface area contributed by atoms with E-state index in [0.717, 1.165) is 5.69 Å². The average Bonchev–Trinajstić information content (AvgIpc) is 2.52. The Hall–Kier alpha value is -2.29. The number of carbonyl (C=O) groups is 1. The van der Waals surface area contributed by atoms with Crippen molar-refractivity contribution in [2.45, 2.75) is 12.8 Å². The Labute approximate surface area is 120 Å². The number of hydrogen-bond donors (Lipinski definition) is 2. The molecule has 0 aliphatic heterocycles. The Morgan fingerprint density at radius 3 is 2.25 bits per heavy atom. The molecule has 3 heteroatoms. The summed E-state index contributed by atoms with van der Waals surface area (Å²) in [5, 5.41) is 6.05. The third-order valence-corrected chi connectivity index (χ3v) is 3.20. The average molecular weight is 268 g/mol. The highest BCUT2D eigenvalue weighted by Crippen LogP contribution is 2.12. The Morgan fingerprint density at radius 2 is 1.60 bits per heavy atom. The SMILES string of the molecule is CC(CNC(=O)CNc1ccccc1)c1ccccc1. The summed E-state index contributed by atoms with van der Waals surface area (Å²) >= 11 is 0. The summed E-state index contributed by atoms with van der Waals surface area (Å²) in [6.07, 6.45) is 0. The number of hydrogen-bond acceptors (Lipinski definition) is 2. The van der Waals surface area contributed by atoms with Crippen LogP contribution >= 0.6 is 0 Å². The van der Waals surface area contributed by atoms with E-state index in [9.17, 15) is 4.79 Å². The zero-order chi connectivity index (χ0) is 14.2. The summed E-state index contributed by atoms with van der Waals surface area (Å²) in [7, 11) is 0. The van der Waals surface area contributed by atoms with E-state index in [0.29, 0.717) is 19.0 Å². The number of rotatable bonds is 6. The van der Waals surface area contributed by atoms with Crippen LogP contribution in [0.25, 0.3) is 0 Å². The summed E-state index contributed by atoms with van der Waals surface area (Å²) in [6, 6.07) is 19.9. The molecule has 2 N–H and O–H groups in total. The van der Waals surface area contributed by atoms with Gasteiger partial charge in [0, 0.05) is 12.2 Å². The summed E-state index contributed by atoms with van der Waals surface area (Å²) < 4.78 is 0. The quantitative estimate of drug-likeness (QED) is 0.845. The normalized spacial score (nSPS) is 11.7. The third kappa shape index (κ3) is 4.43. The minimum Gasteiger partial charge on any atom is -0.376 e. The molecule has 0 saturated carbocycles. The van der Waals surface area contributed by atoms with Crippen molar-refractivity contribution in [1.82, 2.24) is 5.32 Å². The highest BCUT2D eigenvalue weighted by Gasteiger charge is 2.07. The molecule has 0 saturated heterocycles. The lowest BCUT2D eigenvalue weighted by atomic mass is 10.0. The molecule has 0 aliphatic carbocycles. The molecule has 0 aromatic heterocycles. The lowest BCUT2D eigenvalue weighted by Gasteiger charge is -2.13. The molecule has 0 spiro atoms. The van der Waals surface area contributed by atoms with Gasteiger partial charge in [0.15, 0.2) is 0 Å². The molecule has 2 rings (SSSR count). The van der Waals surface area contributed by atoms with Crippen LogP contribution in [0.3, 0.4) is 0 Å². The second-order valence-corrected chi connectivity index (χ2v) is 4.84. The molecule has 0 radical (unpaired) electrons. The Bertz CT molecular complexity index is 525. The highest BCUT2D eigenvalue weighted by atomic mass is 16.1. The monoisotopic (exact) mass is 268 g/mol. The number of benzene rings is 2. The van der Waals surface area contributed by atoms with Crippen LogP contribution in [0.4, 0.5) is 5.69 Å². The summed E-state index contributed by atoms with van der Waals surface area (Å²) in [5.74, 6) is 0.327. The second-order valence-electron chi connectivity index (χ2n) is 4.84. The van der Waals surface area contributed by atoms with Crippen molar-refractivity contribution in [2.24, 2.45) is 0 Å². The molecular weight excluding hydrogens is 248 g/mol. The van der Waals surface area contributed by atoms with Crippen molar-refractivity contribution in [3.63, 3.8) is 0 Å². The van der Waals surface area contributed by atoms with Gasteiger partial charge < -0.3 is 10.6 Å². The standard InChI is InChI=1S/C17H20N2O/c1-14(15-8-4-2-5-9-15)12-19-17(20)13-18-16-10-6-3-7-11-16/h2-11,14,18H,12-13H2,1H3,(H,19,20). The number of para-hydroxylation sites is 1. The first-order valence-electron chi connectivity index (χ1n) is 6.86. The predicted molar refractivity (Wildman–Crippen MR) is 82.8 cm³/mol. The fourth-order valence-corrected chi connectivity index (χ4v) is 1.97. The Balaban J connectivity index is 1.73. The van der Waals surface area contributed by atoms with E-state index in [4.69, 9.17) is 0 Å². The van der Waals surface area contributed by atoms with Gasteiger partial charge in [0.1, 0.15) is 0 Å². The van der Waals surface area contributed by atoms with Crippen LogP contribution in [0, 0.1) is 0 Å². The van der Waals surface area contributed by atoms with Crippen LogP contribution in [-0.2, 0) is 4.79 Å². The molecular formula is C17H20N2O.